The number of hydrogen-bond acceptors (Lipinski definition) is 5. The van der Waals surface area contributed by atoms with Crippen molar-refractivity contribution >= 4 is 34.4 Å². The molecule has 8 nitrogen and oxygen atoms in total. The Hall–Kier alpha value is -3.91. The van der Waals surface area contributed by atoms with Gasteiger partial charge in [0.05, 0.1) is 6.61 Å². The van der Waals surface area contributed by atoms with Gasteiger partial charge < -0.3 is 25.4 Å². The molecule has 3 aromatic carbocycles. The zero-order valence-electron chi connectivity index (χ0n) is 24.4. The fraction of sp³-hybridized carbons (Fsp3) is 0.406. The second-order valence-electron chi connectivity index (χ2n) is 11.4. The van der Waals surface area contributed by atoms with Crippen molar-refractivity contribution in [1.29, 1.82) is 0 Å². The highest BCUT2D eigenvalue weighted by molar-refractivity contribution is 6.00. The Morgan fingerprint density at radius 2 is 1.62 bits per heavy atom. The third-order valence-corrected chi connectivity index (χ3v) is 6.75. The summed E-state index contributed by atoms with van der Waals surface area (Å²) in [4.78, 5) is 42.1. The lowest BCUT2D eigenvalue weighted by Crippen LogP contribution is -2.55. The predicted molar refractivity (Wildman–Crippen MR) is 158 cm³/mol. The average Bonchev–Trinajstić information content (AvgIpc) is 2.87. The molecule has 0 saturated heterocycles. The Morgan fingerprint density at radius 1 is 0.950 bits per heavy atom. The zero-order chi connectivity index (χ0) is 29.6. The van der Waals surface area contributed by atoms with E-state index < -0.39 is 35.6 Å². The van der Waals surface area contributed by atoms with E-state index >= 15 is 0 Å². The van der Waals surface area contributed by atoms with Crippen LogP contribution in [0.3, 0.4) is 0 Å². The van der Waals surface area contributed by atoms with Crippen molar-refractivity contribution in [2.24, 2.45) is 5.92 Å². The number of alkyl carbamates (subject to hydrolysis) is 1. The molecule has 40 heavy (non-hydrogen) atoms. The first-order valence-corrected chi connectivity index (χ1v) is 13.6. The van der Waals surface area contributed by atoms with Crippen molar-refractivity contribution in [2.75, 3.05) is 18.5 Å². The quantitative estimate of drug-likeness (QED) is 0.328. The normalized spacial score (nSPS) is 13.0. The Morgan fingerprint density at radius 3 is 2.25 bits per heavy atom. The minimum Gasteiger partial charge on any atom is -0.444 e. The Labute approximate surface area is 236 Å². The number of aliphatic hydroxyl groups is 1. The van der Waals surface area contributed by atoms with E-state index in [1.807, 2.05) is 74.5 Å². The smallest absolute Gasteiger partial charge is 0.408 e. The number of aryl methyl sites for hydroxylation is 1. The molecule has 0 bridgehead atoms. The molecule has 0 fully saturated rings. The molecule has 0 aliphatic carbocycles. The van der Waals surface area contributed by atoms with Crippen LogP contribution in [0.2, 0.25) is 0 Å². The van der Waals surface area contributed by atoms with Crippen LogP contribution in [0.4, 0.5) is 10.5 Å². The number of benzene rings is 3. The number of hydrogen-bond donors (Lipinski definition) is 3. The van der Waals surface area contributed by atoms with Gasteiger partial charge in [0.2, 0.25) is 5.91 Å². The zero-order valence-corrected chi connectivity index (χ0v) is 24.4. The van der Waals surface area contributed by atoms with Crippen molar-refractivity contribution in [3.05, 3.63) is 77.4 Å². The predicted octanol–water partition coefficient (Wildman–Crippen LogP) is 5.51. The molecule has 0 spiro atoms. The number of nitrogens with zero attached hydrogens (tertiary/aromatic N) is 1. The van der Waals surface area contributed by atoms with Crippen LogP contribution in [0.25, 0.3) is 10.8 Å². The van der Waals surface area contributed by atoms with E-state index in [-0.39, 0.29) is 19.1 Å². The van der Waals surface area contributed by atoms with Gasteiger partial charge in [0.1, 0.15) is 17.7 Å². The number of fused-ring (bicyclic) bond motifs is 1. The van der Waals surface area contributed by atoms with E-state index in [1.54, 1.807) is 34.6 Å². The van der Waals surface area contributed by atoms with Gasteiger partial charge in [-0.2, -0.15) is 0 Å². The van der Waals surface area contributed by atoms with Crippen LogP contribution in [-0.2, 0) is 14.3 Å². The van der Waals surface area contributed by atoms with Crippen LogP contribution in [0, 0.1) is 19.8 Å². The molecule has 2 atom stereocenters. The number of nitrogens with one attached hydrogen (secondary N) is 2. The van der Waals surface area contributed by atoms with Crippen LogP contribution < -0.4 is 10.6 Å². The average molecular weight is 548 g/mol. The van der Waals surface area contributed by atoms with E-state index in [1.165, 1.54) is 4.90 Å². The second kappa shape index (κ2) is 13.0. The molecular weight excluding hydrogens is 506 g/mol. The third kappa shape index (κ3) is 7.60. The lowest BCUT2D eigenvalue weighted by atomic mass is 9.94. The number of rotatable bonds is 9. The monoisotopic (exact) mass is 547 g/mol. The van der Waals surface area contributed by atoms with Crippen molar-refractivity contribution in [2.45, 2.75) is 66.2 Å². The minimum atomic E-state index is -1.06. The van der Waals surface area contributed by atoms with Gasteiger partial charge in [-0.15, -0.1) is 0 Å². The van der Waals surface area contributed by atoms with Crippen molar-refractivity contribution in [3.63, 3.8) is 0 Å². The van der Waals surface area contributed by atoms with Crippen LogP contribution in [-0.4, -0.2) is 52.7 Å². The van der Waals surface area contributed by atoms with Gasteiger partial charge in [-0.05, 0) is 80.1 Å². The Kier molecular flexibility index (Phi) is 9.93. The van der Waals surface area contributed by atoms with Crippen LogP contribution >= 0.6 is 0 Å². The molecule has 214 valence electrons. The first-order valence-electron chi connectivity index (χ1n) is 13.6. The highest BCUT2D eigenvalue weighted by Crippen LogP contribution is 2.29. The standard InChI is InChI=1S/C32H41N3O5/c1-20(2)27(34-31(39)40-32(5,6)7)30(38)35(17-18-36)28(26-14-10-11-21(3)22(26)4)29(37)33-25-16-15-23-12-8-9-13-24(23)19-25/h8-16,19-20,27-28,36H,17-18H2,1-7H3,(H,33,37)(H,34,39). The summed E-state index contributed by atoms with van der Waals surface area (Å²) in [6.07, 6.45) is -0.729. The van der Waals surface area contributed by atoms with Crippen molar-refractivity contribution < 1.29 is 24.2 Å². The topological polar surface area (TPSA) is 108 Å². The number of amides is 3. The van der Waals surface area contributed by atoms with Crippen molar-refractivity contribution in [1.82, 2.24) is 10.2 Å². The molecule has 0 radical (unpaired) electrons. The molecule has 0 aromatic heterocycles. The number of ether oxygens (including phenoxy) is 1. The molecular formula is C32H41N3O5. The largest absolute Gasteiger partial charge is 0.444 e. The van der Waals surface area contributed by atoms with E-state index in [0.717, 1.165) is 21.9 Å². The molecule has 0 saturated carbocycles. The molecule has 8 heteroatoms. The summed E-state index contributed by atoms with van der Waals surface area (Å²) in [5.41, 5.74) is 2.30. The van der Waals surface area contributed by atoms with E-state index in [4.69, 9.17) is 4.74 Å². The van der Waals surface area contributed by atoms with Crippen LogP contribution in [0.15, 0.2) is 60.7 Å². The molecule has 3 rings (SSSR count). The van der Waals surface area contributed by atoms with Gasteiger partial charge in [0, 0.05) is 12.2 Å². The number of carbonyl (C=O) groups excluding carboxylic acids is 3. The van der Waals surface area contributed by atoms with E-state index in [2.05, 4.69) is 10.6 Å². The van der Waals surface area contributed by atoms with Gasteiger partial charge in [-0.3, -0.25) is 9.59 Å². The number of aliphatic hydroxyl groups excluding tert-OH is 1. The Balaban J connectivity index is 2.04. The summed E-state index contributed by atoms with van der Waals surface area (Å²) in [5.74, 6) is -1.23. The summed E-state index contributed by atoms with van der Waals surface area (Å²) in [6.45, 7) is 12.2. The molecule has 0 aliphatic heterocycles. The second-order valence-corrected chi connectivity index (χ2v) is 11.4. The maximum atomic E-state index is 14.1. The van der Waals surface area contributed by atoms with Gasteiger partial charge >= 0.3 is 6.09 Å². The maximum Gasteiger partial charge on any atom is 0.408 e. The lowest BCUT2D eigenvalue weighted by molar-refractivity contribution is -0.142. The van der Waals surface area contributed by atoms with Gasteiger partial charge in [-0.25, -0.2) is 4.79 Å². The summed E-state index contributed by atoms with van der Waals surface area (Å²) >= 11 is 0. The molecule has 3 aromatic rings. The number of anilines is 1. The van der Waals surface area contributed by atoms with E-state index in [9.17, 15) is 19.5 Å². The van der Waals surface area contributed by atoms with Gasteiger partial charge in [0.25, 0.3) is 5.91 Å². The summed E-state index contributed by atoms with van der Waals surface area (Å²) in [5, 5.41) is 17.7. The van der Waals surface area contributed by atoms with Crippen LogP contribution in [0.1, 0.15) is 57.4 Å². The molecule has 3 amide bonds. The first kappa shape index (κ1) is 30.6. The molecule has 0 aliphatic rings. The van der Waals surface area contributed by atoms with Gasteiger partial charge in [-0.1, -0.05) is 62.4 Å². The number of carbonyl (C=O) groups is 3. The fourth-order valence-corrected chi connectivity index (χ4v) is 4.60. The summed E-state index contributed by atoms with van der Waals surface area (Å²) in [7, 11) is 0. The van der Waals surface area contributed by atoms with E-state index in [0.29, 0.717) is 11.3 Å². The molecule has 3 N–H and O–H groups in total. The molecule has 0 heterocycles. The lowest BCUT2D eigenvalue weighted by Gasteiger charge is -2.36. The van der Waals surface area contributed by atoms with Crippen molar-refractivity contribution in [3.8, 4) is 0 Å². The van der Waals surface area contributed by atoms with Crippen LogP contribution in [0.5, 0.6) is 0 Å². The third-order valence-electron chi connectivity index (χ3n) is 6.75. The highest BCUT2D eigenvalue weighted by Gasteiger charge is 2.38. The SMILES string of the molecule is Cc1cccc(C(C(=O)Nc2ccc3ccccc3c2)N(CCO)C(=O)C(NC(=O)OC(C)(C)C)C(C)C)c1C. The highest BCUT2D eigenvalue weighted by atomic mass is 16.6. The Bertz CT molecular complexity index is 1360. The maximum absolute atomic E-state index is 14.1. The summed E-state index contributed by atoms with van der Waals surface area (Å²) in [6, 6.07) is 17.0. The summed E-state index contributed by atoms with van der Waals surface area (Å²) < 4.78 is 5.40. The fourth-order valence-electron chi connectivity index (χ4n) is 4.60. The molecule has 2 unspecified atom stereocenters. The van der Waals surface area contributed by atoms with Gasteiger partial charge in [0.15, 0.2) is 0 Å². The minimum absolute atomic E-state index is 0.110. The first-order chi connectivity index (χ1) is 18.8.